The fourth-order valence-electron chi connectivity index (χ4n) is 9.73. The van der Waals surface area contributed by atoms with Gasteiger partial charge >= 0.3 is 0 Å². The maximum absolute atomic E-state index is 12.6. The Morgan fingerprint density at radius 3 is 0.957 bits per heavy atom. The quantitative estimate of drug-likeness (QED) is 0.0308. The highest BCUT2D eigenvalue weighted by atomic mass is 16.3. The van der Waals surface area contributed by atoms with Crippen LogP contribution in [-0.2, 0) is 4.79 Å². The Morgan fingerprint density at radius 2 is 0.638 bits per heavy atom. The molecule has 0 aliphatic carbocycles. The summed E-state index contributed by atoms with van der Waals surface area (Å²) >= 11 is 0. The molecule has 0 aliphatic heterocycles. The molecule has 0 aromatic rings. The van der Waals surface area contributed by atoms with Crippen LogP contribution < -0.4 is 5.32 Å². The molecule has 0 aliphatic rings. The van der Waals surface area contributed by atoms with Gasteiger partial charge < -0.3 is 25.7 Å². The highest BCUT2D eigenvalue weighted by molar-refractivity contribution is 5.80. The molecule has 0 fully saturated rings. The summed E-state index contributed by atoms with van der Waals surface area (Å²) in [5, 5.41) is 44.1. The first-order valence-corrected chi connectivity index (χ1v) is 30.9. The minimum Gasteiger partial charge on any atom is -0.394 e. The van der Waals surface area contributed by atoms with Gasteiger partial charge in [-0.3, -0.25) is 4.79 Å². The van der Waals surface area contributed by atoms with Gasteiger partial charge in [-0.15, -0.1) is 0 Å². The lowest BCUT2D eigenvalue weighted by Gasteiger charge is -2.27. The summed E-state index contributed by atoms with van der Waals surface area (Å²) in [6.45, 7) is 4.08. The van der Waals surface area contributed by atoms with Crippen LogP contribution in [0.3, 0.4) is 0 Å². The number of aliphatic hydroxyl groups is 4. The summed E-state index contributed by atoms with van der Waals surface area (Å²) in [7, 11) is 0. The Kier molecular flexibility index (Phi) is 56.2. The summed E-state index contributed by atoms with van der Waals surface area (Å²) < 4.78 is 0. The van der Waals surface area contributed by atoms with Gasteiger partial charge in [-0.05, 0) is 70.6 Å². The maximum atomic E-state index is 12.6. The Labute approximate surface area is 430 Å². The lowest BCUT2D eigenvalue weighted by Crippen LogP contribution is -2.53. The van der Waals surface area contributed by atoms with E-state index >= 15 is 0 Å². The lowest BCUT2D eigenvalue weighted by atomic mass is 10.00. The van der Waals surface area contributed by atoms with Gasteiger partial charge in [0.1, 0.15) is 12.2 Å². The van der Waals surface area contributed by atoms with Crippen LogP contribution >= 0.6 is 0 Å². The van der Waals surface area contributed by atoms with E-state index in [9.17, 15) is 25.2 Å². The topological polar surface area (TPSA) is 110 Å². The molecule has 0 radical (unpaired) electrons. The highest BCUT2D eigenvalue weighted by Crippen LogP contribution is 2.18. The molecule has 0 aromatic carbocycles. The molecular weight excluding hydrogens is 851 g/mol. The molecule has 0 aromatic heterocycles. The second-order valence-corrected chi connectivity index (χ2v) is 21.4. The molecule has 0 saturated heterocycles. The normalized spacial score (nSPS) is 13.9. The summed E-state index contributed by atoms with van der Waals surface area (Å²) in [6.07, 6.45) is 72.3. The molecule has 69 heavy (non-hydrogen) atoms. The van der Waals surface area contributed by atoms with Crippen molar-refractivity contribution in [2.75, 3.05) is 6.61 Å². The van der Waals surface area contributed by atoms with E-state index in [1.807, 2.05) is 0 Å². The Balaban J connectivity index is 3.63. The monoisotopic (exact) mass is 972 g/mol. The Bertz CT molecular complexity index is 1090. The summed E-state index contributed by atoms with van der Waals surface area (Å²) in [5.74, 6) is -0.594. The van der Waals surface area contributed by atoms with Gasteiger partial charge in [-0.1, -0.05) is 294 Å². The van der Waals surface area contributed by atoms with Gasteiger partial charge in [0.25, 0.3) is 0 Å². The smallest absolute Gasteiger partial charge is 0.249 e. The second kappa shape index (κ2) is 57.4. The molecule has 0 heterocycles. The van der Waals surface area contributed by atoms with Gasteiger partial charge in [-0.25, -0.2) is 0 Å². The number of aliphatic hydroxyl groups excluding tert-OH is 4. The molecule has 6 heteroatoms. The summed E-state index contributed by atoms with van der Waals surface area (Å²) in [6, 6.07) is -1.01. The van der Waals surface area contributed by atoms with Crippen LogP contribution in [0.25, 0.3) is 0 Å². The van der Waals surface area contributed by atoms with Crippen molar-refractivity contribution in [2.45, 2.75) is 353 Å². The molecular formula is C63H121NO5. The number of carbonyl (C=O) groups is 1. The van der Waals surface area contributed by atoms with E-state index in [0.717, 1.165) is 51.4 Å². The minimum absolute atomic E-state index is 0.357. The molecule has 0 saturated carbocycles. The number of amides is 1. The number of allylic oxidation sites excluding steroid dienone is 6. The largest absolute Gasteiger partial charge is 0.394 e. The molecule has 4 atom stereocenters. The van der Waals surface area contributed by atoms with E-state index in [1.54, 1.807) is 0 Å². The predicted molar refractivity (Wildman–Crippen MR) is 302 cm³/mol. The van der Waals surface area contributed by atoms with Crippen molar-refractivity contribution >= 4 is 5.91 Å². The van der Waals surface area contributed by atoms with Crippen LogP contribution in [0.5, 0.6) is 0 Å². The van der Waals surface area contributed by atoms with Crippen molar-refractivity contribution < 1.29 is 25.2 Å². The van der Waals surface area contributed by atoms with E-state index in [2.05, 4.69) is 55.6 Å². The fourth-order valence-corrected chi connectivity index (χ4v) is 9.73. The molecule has 0 bridgehead atoms. The standard InChI is InChI=1S/C63H121NO5/c1-3-5-7-9-11-13-15-17-19-21-23-25-27-29-30-31-32-33-35-36-38-40-42-44-46-48-50-52-54-56-60(66)62(68)59(58-65)64-63(69)61(67)57-55-53-51-49-47-45-43-41-39-37-34-28-26-24-22-20-18-16-14-12-10-8-6-4-2/h24,26,34,37,48,50,59-62,65-68H,3-23,25,27-33,35-36,38-47,49,51-58H2,1-2H3,(H,64,69)/b26-24-,37-34-,50-48+. The van der Waals surface area contributed by atoms with E-state index in [4.69, 9.17) is 0 Å². The number of hydrogen-bond acceptors (Lipinski definition) is 5. The third-order valence-electron chi connectivity index (χ3n) is 14.6. The molecule has 0 spiro atoms. The van der Waals surface area contributed by atoms with Crippen molar-refractivity contribution in [2.24, 2.45) is 0 Å². The van der Waals surface area contributed by atoms with Crippen molar-refractivity contribution in [3.05, 3.63) is 36.5 Å². The SMILES string of the molecule is CCCCCCCCCCC/C=C\C/C=C\CCCCCCCCCCC(O)C(=O)NC(CO)C(O)C(O)CCC/C=C/CCCCCCCCCCCCCCCCCCCCCCCCCC. The van der Waals surface area contributed by atoms with Crippen LogP contribution in [0, 0.1) is 0 Å². The van der Waals surface area contributed by atoms with Crippen LogP contribution in [0.4, 0.5) is 0 Å². The van der Waals surface area contributed by atoms with E-state index in [0.29, 0.717) is 12.8 Å². The first-order chi connectivity index (χ1) is 34.0. The van der Waals surface area contributed by atoms with Gasteiger partial charge in [0.05, 0.1) is 18.8 Å². The van der Waals surface area contributed by atoms with Crippen LogP contribution in [0.1, 0.15) is 328 Å². The van der Waals surface area contributed by atoms with Crippen LogP contribution in [-0.4, -0.2) is 57.3 Å². The van der Waals surface area contributed by atoms with Gasteiger partial charge in [0, 0.05) is 0 Å². The molecule has 408 valence electrons. The van der Waals surface area contributed by atoms with Crippen LogP contribution in [0.2, 0.25) is 0 Å². The van der Waals surface area contributed by atoms with Gasteiger partial charge in [0.2, 0.25) is 5.91 Å². The molecule has 1 amide bonds. The van der Waals surface area contributed by atoms with Crippen LogP contribution in [0.15, 0.2) is 36.5 Å². The Hall–Kier alpha value is -1.47. The summed E-state index contributed by atoms with van der Waals surface area (Å²) in [4.78, 5) is 12.6. The molecule has 0 rings (SSSR count). The van der Waals surface area contributed by atoms with Crippen molar-refractivity contribution in [3.8, 4) is 0 Å². The lowest BCUT2D eigenvalue weighted by molar-refractivity contribution is -0.132. The predicted octanol–water partition coefficient (Wildman–Crippen LogP) is 18.4. The van der Waals surface area contributed by atoms with Crippen molar-refractivity contribution in [1.29, 1.82) is 0 Å². The first kappa shape index (κ1) is 67.5. The van der Waals surface area contributed by atoms with E-state index in [-0.39, 0.29) is 0 Å². The number of nitrogens with one attached hydrogen (secondary N) is 1. The van der Waals surface area contributed by atoms with Gasteiger partial charge in [-0.2, -0.15) is 0 Å². The number of rotatable bonds is 57. The molecule has 6 nitrogen and oxygen atoms in total. The van der Waals surface area contributed by atoms with Crippen molar-refractivity contribution in [3.63, 3.8) is 0 Å². The zero-order chi connectivity index (χ0) is 50.2. The average molecular weight is 973 g/mol. The highest BCUT2D eigenvalue weighted by Gasteiger charge is 2.28. The third-order valence-corrected chi connectivity index (χ3v) is 14.6. The summed E-state index contributed by atoms with van der Waals surface area (Å²) in [5.41, 5.74) is 0. The zero-order valence-electron chi connectivity index (χ0n) is 46.3. The minimum atomic E-state index is -1.29. The Morgan fingerprint density at radius 1 is 0.362 bits per heavy atom. The number of hydrogen-bond donors (Lipinski definition) is 5. The third kappa shape index (κ3) is 51.2. The number of unbranched alkanes of at least 4 members (excludes halogenated alkanes) is 42. The fraction of sp³-hybridized carbons (Fsp3) is 0.889. The van der Waals surface area contributed by atoms with E-state index in [1.165, 1.54) is 250 Å². The second-order valence-electron chi connectivity index (χ2n) is 21.4. The molecule has 4 unspecified atom stereocenters. The van der Waals surface area contributed by atoms with Gasteiger partial charge in [0.15, 0.2) is 0 Å². The zero-order valence-corrected chi connectivity index (χ0v) is 46.3. The maximum Gasteiger partial charge on any atom is 0.249 e. The average Bonchev–Trinajstić information content (AvgIpc) is 3.35. The first-order valence-electron chi connectivity index (χ1n) is 30.9. The molecule has 5 N–H and O–H groups in total. The number of carbonyl (C=O) groups excluding carboxylic acids is 1. The van der Waals surface area contributed by atoms with E-state index < -0.39 is 36.9 Å². The van der Waals surface area contributed by atoms with Crippen molar-refractivity contribution in [1.82, 2.24) is 5.32 Å².